The molecule has 0 aromatic heterocycles. The molecule has 2 unspecified atom stereocenters. The number of amides is 1. The van der Waals surface area contributed by atoms with Gasteiger partial charge < -0.3 is 5.32 Å². The van der Waals surface area contributed by atoms with Crippen LogP contribution in [-0.2, 0) is 17.6 Å². The zero-order chi connectivity index (χ0) is 15.9. The maximum Gasteiger partial charge on any atom is 0.240 e. The van der Waals surface area contributed by atoms with E-state index in [2.05, 4.69) is 40.4 Å². The smallest absolute Gasteiger partial charge is 0.240 e. The van der Waals surface area contributed by atoms with Crippen molar-refractivity contribution in [3.05, 3.63) is 71.8 Å². The van der Waals surface area contributed by atoms with E-state index >= 15 is 0 Å². The number of nitrogens with one attached hydrogen (secondary N) is 3. The van der Waals surface area contributed by atoms with Crippen LogP contribution in [0.4, 0.5) is 0 Å². The quantitative estimate of drug-likeness (QED) is 0.760. The number of aryl methyl sites for hydroxylation is 1. The van der Waals surface area contributed by atoms with Gasteiger partial charge in [0.25, 0.3) is 0 Å². The Balaban J connectivity index is 1.42. The summed E-state index contributed by atoms with van der Waals surface area (Å²) in [6, 6.07) is 20.2. The Morgan fingerprint density at radius 3 is 2.17 bits per heavy atom. The number of carbonyl (C=O) groups excluding carboxylic acids is 1. The van der Waals surface area contributed by atoms with Gasteiger partial charge in [0.1, 0.15) is 11.5 Å². The molecule has 1 aliphatic rings. The van der Waals surface area contributed by atoms with Gasteiger partial charge in [-0.05, 0) is 24.0 Å². The van der Waals surface area contributed by atoms with Gasteiger partial charge in [-0.2, -0.15) is 0 Å². The van der Waals surface area contributed by atoms with Crippen LogP contribution in [0, 0.1) is 0 Å². The Hall–Kier alpha value is -1.82. The molecule has 1 aliphatic heterocycles. The van der Waals surface area contributed by atoms with E-state index in [1.54, 1.807) is 11.8 Å². The van der Waals surface area contributed by atoms with Gasteiger partial charge in [-0.1, -0.05) is 60.7 Å². The summed E-state index contributed by atoms with van der Waals surface area (Å²) in [6.45, 7) is 0. The zero-order valence-corrected chi connectivity index (χ0v) is 13.7. The van der Waals surface area contributed by atoms with Crippen molar-refractivity contribution in [3.8, 4) is 0 Å². The average molecular weight is 327 g/mol. The summed E-state index contributed by atoms with van der Waals surface area (Å²) in [5.74, 6) is 0.998. The van der Waals surface area contributed by atoms with Crippen LogP contribution in [0.1, 0.15) is 11.1 Å². The van der Waals surface area contributed by atoms with Crippen LogP contribution in [0.2, 0.25) is 0 Å². The van der Waals surface area contributed by atoms with E-state index in [1.165, 1.54) is 5.56 Å². The predicted octanol–water partition coefficient (Wildman–Crippen LogP) is 2.08. The largest absolute Gasteiger partial charge is 0.329 e. The van der Waals surface area contributed by atoms with Crippen LogP contribution in [-0.4, -0.2) is 23.2 Å². The minimum atomic E-state index is -0.233. The van der Waals surface area contributed by atoms with Crippen LogP contribution in [0.25, 0.3) is 0 Å². The van der Waals surface area contributed by atoms with Gasteiger partial charge >= 0.3 is 0 Å². The van der Waals surface area contributed by atoms with Crippen molar-refractivity contribution in [2.75, 3.05) is 5.75 Å². The van der Waals surface area contributed by atoms with Crippen molar-refractivity contribution >= 4 is 17.7 Å². The van der Waals surface area contributed by atoms with E-state index in [0.29, 0.717) is 6.42 Å². The molecule has 1 fully saturated rings. The number of hydrazine groups is 1. The molecule has 3 rings (SSSR count). The minimum absolute atomic E-state index is 0.0461. The number of carbonyl (C=O) groups is 1. The van der Waals surface area contributed by atoms with Crippen molar-refractivity contribution < 1.29 is 4.79 Å². The molecule has 23 heavy (non-hydrogen) atoms. The summed E-state index contributed by atoms with van der Waals surface area (Å²) in [6.07, 6.45) is 1.67. The molecular formula is C18H21N3OS. The molecule has 2 atom stereocenters. The summed E-state index contributed by atoms with van der Waals surface area (Å²) < 4.78 is 0. The molecule has 1 saturated heterocycles. The Morgan fingerprint density at radius 1 is 0.870 bits per heavy atom. The monoisotopic (exact) mass is 327 g/mol. The Morgan fingerprint density at radius 2 is 1.52 bits per heavy atom. The van der Waals surface area contributed by atoms with Gasteiger partial charge in [0.2, 0.25) is 5.91 Å². The molecule has 5 heteroatoms. The molecule has 4 nitrogen and oxygen atoms in total. The molecule has 1 amide bonds. The second-order valence-electron chi connectivity index (χ2n) is 5.53. The summed E-state index contributed by atoms with van der Waals surface area (Å²) in [7, 11) is 0. The summed E-state index contributed by atoms with van der Waals surface area (Å²) in [5.41, 5.74) is 8.70. The molecule has 2 aromatic rings. The normalized spacial score (nSPS) is 21.0. The van der Waals surface area contributed by atoms with Gasteiger partial charge in [-0.3, -0.25) is 4.79 Å². The van der Waals surface area contributed by atoms with Crippen molar-refractivity contribution in [1.29, 1.82) is 0 Å². The molecule has 0 aliphatic carbocycles. The first kappa shape index (κ1) is 16.1. The molecule has 0 bridgehead atoms. The number of rotatable bonds is 6. The fourth-order valence-electron chi connectivity index (χ4n) is 2.52. The summed E-state index contributed by atoms with van der Waals surface area (Å²) in [4.78, 5) is 12.2. The first-order valence-electron chi connectivity index (χ1n) is 7.82. The third-order valence-electron chi connectivity index (χ3n) is 3.78. The fraction of sp³-hybridized carbons (Fsp3) is 0.278. The lowest BCUT2D eigenvalue weighted by molar-refractivity contribution is -0.125. The fourth-order valence-corrected chi connectivity index (χ4v) is 3.46. The Bertz CT molecular complexity index is 621. The van der Waals surface area contributed by atoms with Crippen molar-refractivity contribution in [1.82, 2.24) is 16.2 Å². The van der Waals surface area contributed by atoms with E-state index in [9.17, 15) is 4.79 Å². The topological polar surface area (TPSA) is 53.2 Å². The van der Waals surface area contributed by atoms with Crippen LogP contribution in [0.15, 0.2) is 60.7 Å². The molecule has 2 aromatic carbocycles. The van der Waals surface area contributed by atoms with Crippen LogP contribution < -0.4 is 16.2 Å². The van der Waals surface area contributed by atoms with Crippen molar-refractivity contribution in [2.24, 2.45) is 0 Å². The summed E-state index contributed by atoms with van der Waals surface area (Å²) in [5, 5.41) is 3.02. The second kappa shape index (κ2) is 8.15. The van der Waals surface area contributed by atoms with E-state index < -0.39 is 0 Å². The number of benzene rings is 2. The highest BCUT2D eigenvalue weighted by molar-refractivity contribution is 7.99. The standard InChI is InChI=1S/C18H21N3OS/c22-17-16(13-15-9-5-2-6-10-15)20-21-18(19-17)23-12-11-14-7-3-1-4-8-14/h1-10,16,18,20-21H,11-13H2,(H,19,22). The SMILES string of the molecule is O=C1NC(SCCc2ccccc2)NNC1Cc1ccccc1. The molecule has 0 radical (unpaired) electrons. The number of hydrogen-bond acceptors (Lipinski definition) is 4. The lowest BCUT2D eigenvalue weighted by Gasteiger charge is -2.31. The minimum Gasteiger partial charge on any atom is -0.329 e. The molecule has 1 heterocycles. The molecule has 120 valence electrons. The zero-order valence-electron chi connectivity index (χ0n) is 12.9. The van der Waals surface area contributed by atoms with E-state index in [-0.39, 0.29) is 17.4 Å². The van der Waals surface area contributed by atoms with E-state index in [0.717, 1.165) is 17.7 Å². The molecule has 0 spiro atoms. The third-order valence-corrected chi connectivity index (χ3v) is 4.79. The van der Waals surface area contributed by atoms with Gasteiger partial charge in [-0.25, -0.2) is 10.9 Å². The molecule has 0 saturated carbocycles. The highest BCUT2D eigenvalue weighted by atomic mass is 32.2. The maximum atomic E-state index is 12.2. The molecule has 3 N–H and O–H groups in total. The van der Waals surface area contributed by atoms with Gasteiger partial charge in [0.15, 0.2) is 0 Å². The van der Waals surface area contributed by atoms with Gasteiger partial charge in [0, 0.05) is 5.75 Å². The lowest BCUT2D eigenvalue weighted by atomic mass is 10.1. The number of hydrogen-bond donors (Lipinski definition) is 3. The van der Waals surface area contributed by atoms with Crippen LogP contribution in [0.5, 0.6) is 0 Å². The average Bonchev–Trinajstić information content (AvgIpc) is 2.59. The molecular weight excluding hydrogens is 306 g/mol. The lowest BCUT2D eigenvalue weighted by Crippen LogP contribution is -2.64. The first-order chi connectivity index (χ1) is 11.3. The van der Waals surface area contributed by atoms with Gasteiger partial charge in [-0.15, -0.1) is 11.8 Å². The number of thioether (sulfide) groups is 1. The van der Waals surface area contributed by atoms with E-state index in [1.807, 2.05) is 36.4 Å². The Labute approximate surface area is 141 Å². The Kier molecular flexibility index (Phi) is 5.69. The second-order valence-corrected chi connectivity index (χ2v) is 6.74. The highest BCUT2D eigenvalue weighted by Crippen LogP contribution is 2.13. The highest BCUT2D eigenvalue weighted by Gasteiger charge is 2.27. The van der Waals surface area contributed by atoms with Crippen molar-refractivity contribution in [3.63, 3.8) is 0 Å². The van der Waals surface area contributed by atoms with Gasteiger partial charge in [0.05, 0.1) is 0 Å². The third kappa shape index (κ3) is 4.82. The van der Waals surface area contributed by atoms with E-state index in [4.69, 9.17) is 0 Å². The summed E-state index contributed by atoms with van der Waals surface area (Å²) >= 11 is 1.70. The van der Waals surface area contributed by atoms with Crippen molar-refractivity contribution in [2.45, 2.75) is 24.4 Å². The van der Waals surface area contributed by atoms with Crippen LogP contribution in [0.3, 0.4) is 0 Å². The first-order valence-corrected chi connectivity index (χ1v) is 8.87. The van der Waals surface area contributed by atoms with Crippen LogP contribution >= 0.6 is 11.8 Å². The predicted molar refractivity (Wildman–Crippen MR) is 94.7 cm³/mol. The maximum absolute atomic E-state index is 12.2.